The van der Waals surface area contributed by atoms with E-state index in [1.807, 2.05) is 24.3 Å². The Kier molecular flexibility index (Phi) is 10.3. The molecule has 0 N–H and O–H groups in total. The van der Waals surface area contributed by atoms with Gasteiger partial charge in [0.25, 0.3) is 0 Å². The highest BCUT2D eigenvalue weighted by atomic mass is 16.5. The van der Waals surface area contributed by atoms with Crippen LogP contribution in [0.2, 0.25) is 0 Å². The van der Waals surface area contributed by atoms with Crippen LogP contribution in [0, 0.1) is 0 Å². The second kappa shape index (κ2) is 13.6. The molecule has 1 saturated heterocycles. The van der Waals surface area contributed by atoms with E-state index >= 15 is 0 Å². The summed E-state index contributed by atoms with van der Waals surface area (Å²) in [4.78, 5) is 27.7. The molecule has 0 radical (unpaired) electrons. The zero-order chi connectivity index (χ0) is 25.9. The van der Waals surface area contributed by atoms with Crippen LogP contribution in [0.4, 0.5) is 0 Å². The summed E-state index contributed by atoms with van der Waals surface area (Å²) in [5.74, 6) is 1.85. The monoisotopic (exact) mass is 499 g/mol. The Labute approximate surface area is 213 Å². The molecule has 1 fully saturated rings. The lowest BCUT2D eigenvalue weighted by Crippen LogP contribution is -2.49. The highest BCUT2D eigenvalue weighted by molar-refractivity contribution is 5.86. The molecule has 1 amide bonds. The van der Waals surface area contributed by atoms with Crippen molar-refractivity contribution in [3.8, 4) is 23.0 Å². The van der Waals surface area contributed by atoms with Gasteiger partial charge in [0.15, 0.2) is 11.5 Å². The number of carbonyl (C=O) groups is 2. The van der Waals surface area contributed by atoms with Crippen molar-refractivity contribution in [3.63, 3.8) is 0 Å². The molecule has 1 heterocycles. The van der Waals surface area contributed by atoms with E-state index in [9.17, 15) is 9.59 Å². The summed E-state index contributed by atoms with van der Waals surface area (Å²) >= 11 is 0. The fourth-order valence-corrected chi connectivity index (χ4v) is 4.48. The van der Waals surface area contributed by atoms with Crippen LogP contribution in [-0.2, 0) is 27.2 Å². The molecule has 3 rings (SSSR count). The summed E-state index contributed by atoms with van der Waals surface area (Å²) in [6.45, 7) is 0.890. The molecule has 0 aliphatic carbocycles. The normalized spacial score (nSPS) is 15.2. The van der Waals surface area contributed by atoms with Crippen molar-refractivity contribution in [2.75, 3.05) is 41.6 Å². The SMILES string of the molecule is COc1ccc(CCCCOC(=O)C2CCCCN2C(=O)Cc2cc(OC)c(OC)c(OC)c2)cc1. The molecule has 8 nitrogen and oxygen atoms in total. The van der Waals surface area contributed by atoms with Crippen molar-refractivity contribution >= 4 is 11.9 Å². The van der Waals surface area contributed by atoms with E-state index in [2.05, 4.69) is 0 Å². The molecular formula is C28H37NO7. The Morgan fingerprint density at radius 3 is 2.17 bits per heavy atom. The first-order valence-corrected chi connectivity index (χ1v) is 12.4. The van der Waals surface area contributed by atoms with Crippen molar-refractivity contribution in [1.29, 1.82) is 0 Å². The fraction of sp³-hybridized carbons (Fsp3) is 0.500. The number of rotatable bonds is 12. The van der Waals surface area contributed by atoms with Crippen molar-refractivity contribution in [2.24, 2.45) is 0 Å². The van der Waals surface area contributed by atoms with Crippen LogP contribution >= 0.6 is 0 Å². The minimum absolute atomic E-state index is 0.120. The van der Waals surface area contributed by atoms with Gasteiger partial charge in [0.1, 0.15) is 11.8 Å². The zero-order valence-corrected chi connectivity index (χ0v) is 21.7. The van der Waals surface area contributed by atoms with Gasteiger partial charge in [-0.15, -0.1) is 0 Å². The summed E-state index contributed by atoms with van der Waals surface area (Å²) < 4.78 is 26.9. The number of benzene rings is 2. The van der Waals surface area contributed by atoms with Crippen LogP contribution in [0.25, 0.3) is 0 Å². The first kappa shape index (κ1) is 27.2. The molecule has 0 saturated carbocycles. The average Bonchev–Trinajstić information content (AvgIpc) is 2.92. The van der Waals surface area contributed by atoms with E-state index < -0.39 is 6.04 Å². The van der Waals surface area contributed by atoms with Gasteiger partial charge in [-0.3, -0.25) is 4.79 Å². The number of aryl methyl sites for hydroxylation is 1. The Morgan fingerprint density at radius 2 is 1.56 bits per heavy atom. The van der Waals surface area contributed by atoms with Crippen LogP contribution in [0.5, 0.6) is 23.0 Å². The van der Waals surface area contributed by atoms with Crippen molar-refractivity contribution < 1.29 is 33.3 Å². The maximum absolute atomic E-state index is 13.2. The maximum Gasteiger partial charge on any atom is 0.328 e. The molecule has 1 aliphatic heterocycles. The van der Waals surface area contributed by atoms with Crippen molar-refractivity contribution in [1.82, 2.24) is 4.90 Å². The molecule has 8 heteroatoms. The zero-order valence-electron chi connectivity index (χ0n) is 21.7. The van der Waals surface area contributed by atoms with E-state index in [0.29, 0.717) is 36.8 Å². The van der Waals surface area contributed by atoms with Crippen LogP contribution < -0.4 is 18.9 Å². The summed E-state index contributed by atoms with van der Waals surface area (Å²) in [5.41, 5.74) is 1.95. The molecule has 2 aromatic rings. The van der Waals surface area contributed by atoms with E-state index in [4.69, 9.17) is 23.7 Å². The number of unbranched alkanes of at least 4 members (excludes halogenated alkanes) is 1. The molecule has 1 atom stereocenters. The first-order valence-electron chi connectivity index (χ1n) is 12.4. The Morgan fingerprint density at radius 1 is 0.861 bits per heavy atom. The van der Waals surface area contributed by atoms with Crippen LogP contribution in [-0.4, -0.2) is 64.4 Å². The largest absolute Gasteiger partial charge is 0.497 e. The fourth-order valence-electron chi connectivity index (χ4n) is 4.48. The molecule has 0 aromatic heterocycles. The highest BCUT2D eigenvalue weighted by Gasteiger charge is 2.33. The predicted octanol–water partition coefficient (Wildman–Crippen LogP) is 4.21. The van der Waals surface area contributed by atoms with Gasteiger partial charge >= 0.3 is 5.97 Å². The standard InChI is InChI=1S/C28H37NO7/c1-32-22-13-11-20(12-14-22)9-6-8-16-36-28(31)23-10-5-7-15-29(23)26(30)19-21-17-24(33-2)27(35-4)25(18-21)34-3/h11-14,17-18,23H,5-10,15-16,19H2,1-4H3. The third kappa shape index (κ3) is 7.06. The smallest absolute Gasteiger partial charge is 0.328 e. The molecule has 2 aromatic carbocycles. The molecule has 36 heavy (non-hydrogen) atoms. The topological polar surface area (TPSA) is 83.5 Å². The number of amides is 1. The Bertz CT molecular complexity index is 980. The quantitative estimate of drug-likeness (QED) is 0.320. The number of piperidine rings is 1. The highest BCUT2D eigenvalue weighted by Crippen LogP contribution is 2.38. The number of carbonyl (C=O) groups excluding carboxylic acids is 2. The molecule has 1 unspecified atom stereocenters. The van der Waals surface area contributed by atoms with E-state index in [1.165, 1.54) is 26.9 Å². The second-order valence-corrected chi connectivity index (χ2v) is 8.78. The third-order valence-electron chi connectivity index (χ3n) is 6.44. The number of esters is 1. The Balaban J connectivity index is 1.53. The van der Waals surface area contributed by atoms with Crippen LogP contribution in [0.1, 0.15) is 43.2 Å². The van der Waals surface area contributed by atoms with Gasteiger partial charge in [-0.2, -0.15) is 0 Å². The Hall–Kier alpha value is -3.42. The number of hydrogen-bond donors (Lipinski definition) is 0. The van der Waals surface area contributed by atoms with Gasteiger partial charge in [0, 0.05) is 6.54 Å². The average molecular weight is 500 g/mol. The van der Waals surface area contributed by atoms with Gasteiger partial charge in [0.05, 0.1) is 41.5 Å². The van der Waals surface area contributed by atoms with Crippen LogP contribution in [0.15, 0.2) is 36.4 Å². The number of ether oxygens (including phenoxy) is 5. The maximum atomic E-state index is 13.2. The number of nitrogens with zero attached hydrogens (tertiary/aromatic N) is 1. The number of hydrogen-bond acceptors (Lipinski definition) is 7. The van der Waals surface area contributed by atoms with Crippen molar-refractivity contribution in [3.05, 3.63) is 47.5 Å². The van der Waals surface area contributed by atoms with Gasteiger partial charge in [0.2, 0.25) is 11.7 Å². The van der Waals surface area contributed by atoms with Gasteiger partial charge < -0.3 is 28.6 Å². The minimum atomic E-state index is -0.546. The predicted molar refractivity (Wildman–Crippen MR) is 136 cm³/mol. The molecule has 0 bridgehead atoms. The molecule has 0 spiro atoms. The van der Waals surface area contributed by atoms with Crippen LogP contribution in [0.3, 0.4) is 0 Å². The molecule has 196 valence electrons. The molecular weight excluding hydrogens is 462 g/mol. The van der Waals surface area contributed by atoms with E-state index in [0.717, 1.165) is 43.4 Å². The van der Waals surface area contributed by atoms with Gasteiger partial charge in [-0.05, 0) is 73.9 Å². The summed E-state index contributed by atoms with van der Waals surface area (Å²) in [6, 6.07) is 11.0. The van der Waals surface area contributed by atoms with E-state index in [-0.39, 0.29) is 18.3 Å². The number of likely N-dealkylation sites (tertiary alicyclic amines) is 1. The number of methoxy groups -OCH3 is 4. The van der Waals surface area contributed by atoms with E-state index in [1.54, 1.807) is 24.1 Å². The second-order valence-electron chi connectivity index (χ2n) is 8.78. The minimum Gasteiger partial charge on any atom is -0.497 e. The van der Waals surface area contributed by atoms with Gasteiger partial charge in [-0.25, -0.2) is 4.79 Å². The van der Waals surface area contributed by atoms with Crippen molar-refractivity contribution in [2.45, 2.75) is 51.0 Å². The van der Waals surface area contributed by atoms with Gasteiger partial charge in [-0.1, -0.05) is 12.1 Å². The first-order chi connectivity index (χ1) is 17.5. The summed E-state index contributed by atoms with van der Waals surface area (Å²) in [6.07, 6.45) is 5.09. The third-order valence-corrected chi connectivity index (χ3v) is 6.44. The lowest BCUT2D eigenvalue weighted by Gasteiger charge is -2.34. The summed E-state index contributed by atoms with van der Waals surface area (Å²) in [5, 5.41) is 0. The lowest BCUT2D eigenvalue weighted by atomic mass is 10.0. The summed E-state index contributed by atoms with van der Waals surface area (Å²) in [7, 11) is 6.26. The molecule has 1 aliphatic rings. The lowest BCUT2D eigenvalue weighted by molar-refractivity contribution is -0.157.